The lowest BCUT2D eigenvalue weighted by Gasteiger charge is -2.14. The molecule has 0 bridgehead atoms. The molecule has 1 heterocycles. The van der Waals surface area contributed by atoms with Gasteiger partial charge in [0.05, 0.1) is 33.6 Å². The van der Waals surface area contributed by atoms with Crippen LogP contribution in [-0.2, 0) is 6.54 Å². The summed E-state index contributed by atoms with van der Waals surface area (Å²) < 4.78 is 21.4. The molecule has 0 spiro atoms. The molecule has 21 heavy (non-hydrogen) atoms. The first kappa shape index (κ1) is 15.0. The number of oxazole rings is 1. The predicted octanol–water partition coefficient (Wildman–Crippen LogP) is 2.93. The lowest BCUT2D eigenvalue weighted by molar-refractivity contribution is 0.324. The molecule has 2 rings (SSSR count). The Labute approximate surface area is 124 Å². The second-order valence-electron chi connectivity index (χ2n) is 4.52. The fourth-order valence-electron chi connectivity index (χ4n) is 1.98. The topological polar surface area (TPSA) is 65.8 Å². The number of aryl methyl sites for hydroxylation is 2. The predicted molar refractivity (Wildman–Crippen MR) is 79.4 cm³/mol. The first-order valence-electron chi connectivity index (χ1n) is 6.55. The molecule has 0 saturated heterocycles. The molecule has 0 saturated carbocycles. The van der Waals surface area contributed by atoms with Gasteiger partial charge in [0.15, 0.2) is 11.5 Å². The smallest absolute Gasteiger partial charge is 0.213 e. The van der Waals surface area contributed by atoms with Crippen molar-refractivity contribution in [1.82, 2.24) is 4.98 Å². The molecule has 6 nitrogen and oxygen atoms in total. The summed E-state index contributed by atoms with van der Waals surface area (Å²) in [4.78, 5) is 4.33. The number of nitrogens with zero attached hydrogens (tertiary/aromatic N) is 1. The minimum atomic E-state index is 0.479. The van der Waals surface area contributed by atoms with E-state index >= 15 is 0 Å². The zero-order chi connectivity index (χ0) is 15.4. The summed E-state index contributed by atoms with van der Waals surface area (Å²) in [5.41, 5.74) is 1.73. The highest BCUT2D eigenvalue weighted by molar-refractivity contribution is 5.62. The van der Waals surface area contributed by atoms with Gasteiger partial charge in [0, 0.05) is 17.8 Å². The highest BCUT2D eigenvalue weighted by atomic mass is 16.5. The maximum absolute atomic E-state index is 5.53. The molecule has 0 aliphatic heterocycles. The number of nitrogens with one attached hydrogen (secondary N) is 1. The Morgan fingerprint density at radius 3 is 2.10 bits per heavy atom. The number of anilines is 1. The van der Waals surface area contributed by atoms with Crippen LogP contribution in [0.2, 0.25) is 0 Å². The number of methoxy groups -OCH3 is 3. The lowest BCUT2D eigenvalue weighted by atomic mass is 10.2. The van der Waals surface area contributed by atoms with Crippen molar-refractivity contribution < 1.29 is 18.6 Å². The van der Waals surface area contributed by atoms with Gasteiger partial charge in [0.25, 0.3) is 0 Å². The normalized spacial score (nSPS) is 10.3. The third kappa shape index (κ3) is 3.21. The Morgan fingerprint density at radius 1 is 1.05 bits per heavy atom. The standard InChI is InChI=1S/C15H20N2O4/c1-9-10(2)21-14(17-9)8-16-11-6-12(18-3)15(20-5)13(7-11)19-4/h6-7,16H,8H2,1-5H3. The van der Waals surface area contributed by atoms with E-state index in [1.54, 1.807) is 21.3 Å². The molecule has 114 valence electrons. The molecule has 0 atom stereocenters. The molecule has 0 aliphatic rings. The zero-order valence-electron chi connectivity index (χ0n) is 12.9. The van der Waals surface area contributed by atoms with Crippen molar-refractivity contribution >= 4 is 5.69 Å². The number of ether oxygens (including phenoxy) is 3. The van der Waals surface area contributed by atoms with Crippen LogP contribution in [0.4, 0.5) is 5.69 Å². The van der Waals surface area contributed by atoms with E-state index in [4.69, 9.17) is 18.6 Å². The summed E-state index contributed by atoms with van der Waals surface area (Å²) in [5.74, 6) is 3.22. The van der Waals surface area contributed by atoms with Crippen LogP contribution in [0.5, 0.6) is 17.2 Å². The van der Waals surface area contributed by atoms with Gasteiger partial charge in [0.1, 0.15) is 5.76 Å². The zero-order valence-corrected chi connectivity index (χ0v) is 12.9. The Hall–Kier alpha value is -2.37. The van der Waals surface area contributed by atoms with Crippen LogP contribution < -0.4 is 19.5 Å². The van der Waals surface area contributed by atoms with Crippen LogP contribution in [0.15, 0.2) is 16.5 Å². The quantitative estimate of drug-likeness (QED) is 0.883. The maximum atomic E-state index is 5.53. The maximum Gasteiger partial charge on any atom is 0.213 e. The Bertz CT molecular complexity index is 578. The van der Waals surface area contributed by atoms with E-state index < -0.39 is 0 Å². The molecule has 1 aromatic carbocycles. The van der Waals surface area contributed by atoms with Crippen LogP contribution in [-0.4, -0.2) is 26.3 Å². The van der Waals surface area contributed by atoms with Crippen LogP contribution in [0, 0.1) is 13.8 Å². The van der Waals surface area contributed by atoms with E-state index in [1.165, 1.54) is 0 Å². The van der Waals surface area contributed by atoms with E-state index in [1.807, 2.05) is 26.0 Å². The van der Waals surface area contributed by atoms with Gasteiger partial charge >= 0.3 is 0 Å². The fourth-order valence-corrected chi connectivity index (χ4v) is 1.98. The van der Waals surface area contributed by atoms with E-state index in [2.05, 4.69) is 10.3 Å². The van der Waals surface area contributed by atoms with Crippen molar-refractivity contribution in [3.8, 4) is 17.2 Å². The highest BCUT2D eigenvalue weighted by Gasteiger charge is 2.13. The summed E-state index contributed by atoms with van der Waals surface area (Å²) >= 11 is 0. The molecule has 6 heteroatoms. The first-order chi connectivity index (χ1) is 10.1. The summed E-state index contributed by atoms with van der Waals surface area (Å²) in [5, 5.41) is 3.23. The summed E-state index contributed by atoms with van der Waals surface area (Å²) in [6.07, 6.45) is 0. The van der Waals surface area contributed by atoms with Crippen LogP contribution in [0.3, 0.4) is 0 Å². The molecule has 0 unspecified atom stereocenters. The van der Waals surface area contributed by atoms with E-state index in [9.17, 15) is 0 Å². The van der Waals surface area contributed by atoms with Crippen molar-refractivity contribution in [3.63, 3.8) is 0 Å². The molecule has 0 aliphatic carbocycles. The number of aromatic nitrogens is 1. The van der Waals surface area contributed by atoms with Gasteiger partial charge in [0.2, 0.25) is 11.6 Å². The Balaban J connectivity index is 2.19. The minimum Gasteiger partial charge on any atom is -0.493 e. The SMILES string of the molecule is COc1cc(NCc2nc(C)c(C)o2)cc(OC)c1OC. The largest absolute Gasteiger partial charge is 0.493 e. The number of benzene rings is 1. The van der Waals surface area contributed by atoms with Crippen molar-refractivity contribution in [2.24, 2.45) is 0 Å². The Kier molecular flexibility index (Phi) is 4.57. The summed E-state index contributed by atoms with van der Waals surface area (Å²) in [7, 11) is 4.75. The molecular formula is C15H20N2O4. The van der Waals surface area contributed by atoms with Crippen LogP contribution >= 0.6 is 0 Å². The van der Waals surface area contributed by atoms with Crippen molar-refractivity contribution in [3.05, 3.63) is 29.5 Å². The fraction of sp³-hybridized carbons (Fsp3) is 0.400. The molecule has 0 fully saturated rings. The van der Waals surface area contributed by atoms with Crippen molar-refractivity contribution in [2.75, 3.05) is 26.6 Å². The third-order valence-corrected chi connectivity index (χ3v) is 3.18. The van der Waals surface area contributed by atoms with Crippen LogP contribution in [0.25, 0.3) is 0 Å². The number of hydrogen-bond donors (Lipinski definition) is 1. The number of hydrogen-bond acceptors (Lipinski definition) is 6. The first-order valence-corrected chi connectivity index (χ1v) is 6.55. The molecule has 1 aromatic heterocycles. The molecule has 1 N–H and O–H groups in total. The molecule has 0 amide bonds. The monoisotopic (exact) mass is 292 g/mol. The minimum absolute atomic E-state index is 0.479. The molecule has 2 aromatic rings. The molecular weight excluding hydrogens is 272 g/mol. The Morgan fingerprint density at radius 2 is 1.67 bits per heavy atom. The summed E-state index contributed by atoms with van der Waals surface area (Å²) in [6.45, 7) is 4.29. The van der Waals surface area contributed by atoms with Gasteiger partial charge in [-0.05, 0) is 13.8 Å². The summed E-state index contributed by atoms with van der Waals surface area (Å²) in [6, 6.07) is 3.67. The second kappa shape index (κ2) is 6.39. The van der Waals surface area contributed by atoms with Gasteiger partial charge in [-0.15, -0.1) is 0 Å². The lowest BCUT2D eigenvalue weighted by Crippen LogP contribution is -2.02. The average Bonchev–Trinajstić information content (AvgIpc) is 2.82. The van der Waals surface area contributed by atoms with Crippen LogP contribution in [0.1, 0.15) is 17.3 Å². The van der Waals surface area contributed by atoms with Gasteiger partial charge in [-0.2, -0.15) is 0 Å². The van der Waals surface area contributed by atoms with E-state index in [0.29, 0.717) is 29.7 Å². The van der Waals surface area contributed by atoms with Gasteiger partial charge in [-0.25, -0.2) is 4.98 Å². The van der Waals surface area contributed by atoms with E-state index in [0.717, 1.165) is 17.1 Å². The van der Waals surface area contributed by atoms with E-state index in [-0.39, 0.29) is 0 Å². The van der Waals surface area contributed by atoms with Gasteiger partial charge in [-0.3, -0.25) is 0 Å². The van der Waals surface area contributed by atoms with Crippen molar-refractivity contribution in [2.45, 2.75) is 20.4 Å². The van der Waals surface area contributed by atoms with Gasteiger partial charge in [-0.1, -0.05) is 0 Å². The molecule has 0 radical (unpaired) electrons. The van der Waals surface area contributed by atoms with Gasteiger partial charge < -0.3 is 23.9 Å². The average molecular weight is 292 g/mol. The highest BCUT2D eigenvalue weighted by Crippen LogP contribution is 2.39. The number of rotatable bonds is 6. The van der Waals surface area contributed by atoms with Crippen molar-refractivity contribution in [1.29, 1.82) is 0 Å². The third-order valence-electron chi connectivity index (χ3n) is 3.18. The second-order valence-corrected chi connectivity index (χ2v) is 4.52.